The predicted molar refractivity (Wildman–Crippen MR) is 74.1 cm³/mol. The Hall–Kier alpha value is -2.28. The average molecular weight is 295 g/mol. The van der Waals surface area contributed by atoms with Gasteiger partial charge in [-0.3, -0.25) is 9.59 Å². The zero-order valence-corrected chi connectivity index (χ0v) is 11.6. The van der Waals surface area contributed by atoms with Crippen molar-refractivity contribution in [2.24, 2.45) is 7.05 Å². The van der Waals surface area contributed by atoms with E-state index in [4.69, 9.17) is 0 Å². The summed E-state index contributed by atoms with van der Waals surface area (Å²) in [4.78, 5) is 23.5. The molecule has 2 aromatic rings. The fraction of sp³-hybridized carbons (Fsp3) is 0.286. The van der Waals surface area contributed by atoms with Crippen LogP contribution in [0.2, 0.25) is 0 Å². The van der Waals surface area contributed by atoms with Crippen LogP contribution in [0.15, 0.2) is 40.2 Å². The van der Waals surface area contributed by atoms with Gasteiger partial charge in [-0.2, -0.15) is 0 Å². The normalized spacial score (nSPS) is 12.4. The number of hydrogen-bond acceptors (Lipinski definition) is 3. The number of nitrogens with one attached hydrogen (secondary N) is 1. The summed E-state index contributed by atoms with van der Waals surface area (Å²) in [6, 6.07) is 3.22. The van der Waals surface area contributed by atoms with Crippen molar-refractivity contribution in [3.63, 3.8) is 0 Å². The summed E-state index contributed by atoms with van der Waals surface area (Å²) in [5, 5.41) is 2.82. The molecule has 0 aliphatic rings. The van der Waals surface area contributed by atoms with E-state index in [1.165, 1.54) is 36.1 Å². The van der Waals surface area contributed by atoms with Gasteiger partial charge < -0.3 is 14.5 Å². The zero-order chi connectivity index (χ0) is 15.6. The third kappa shape index (κ3) is 2.92. The number of nitrogens with zero attached hydrogens (tertiary/aromatic N) is 2. The van der Waals surface area contributed by atoms with Gasteiger partial charge in [-0.05, 0) is 13.1 Å². The van der Waals surface area contributed by atoms with Crippen LogP contribution >= 0.6 is 0 Å². The van der Waals surface area contributed by atoms with Gasteiger partial charge in [0.05, 0.1) is 6.04 Å². The highest BCUT2D eigenvalue weighted by atomic mass is 19.2. The minimum Gasteiger partial charge on any atom is -0.312 e. The summed E-state index contributed by atoms with van der Waals surface area (Å²) in [5.74, 6) is -1.92. The highest BCUT2D eigenvalue weighted by Gasteiger charge is 2.18. The molecule has 0 aliphatic heterocycles. The molecule has 0 spiro atoms. The number of aromatic nitrogens is 2. The van der Waals surface area contributed by atoms with Crippen molar-refractivity contribution in [1.82, 2.24) is 14.5 Å². The van der Waals surface area contributed by atoms with E-state index in [0.717, 1.165) is 10.6 Å². The lowest BCUT2D eigenvalue weighted by molar-refractivity contribution is 0.439. The topological polar surface area (TPSA) is 56.0 Å². The second-order valence-electron chi connectivity index (χ2n) is 4.66. The maximum Gasteiger partial charge on any atom is 0.316 e. The van der Waals surface area contributed by atoms with Crippen molar-refractivity contribution in [1.29, 1.82) is 0 Å². The molecule has 5 nitrogen and oxygen atoms in total. The molecule has 1 atom stereocenters. The summed E-state index contributed by atoms with van der Waals surface area (Å²) >= 11 is 0. The van der Waals surface area contributed by atoms with Crippen molar-refractivity contribution in [3.05, 3.63) is 68.5 Å². The number of likely N-dealkylation sites (N-methyl/N-ethyl adjacent to an activating group) is 1. The largest absolute Gasteiger partial charge is 0.316 e. The summed E-state index contributed by atoms with van der Waals surface area (Å²) in [7, 11) is 3.04. The van der Waals surface area contributed by atoms with Crippen molar-refractivity contribution in [2.45, 2.75) is 12.6 Å². The molecular weight excluding hydrogens is 280 g/mol. The van der Waals surface area contributed by atoms with E-state index in [9.17, 15) is 18.4 Å². The summed E-state index contributed by atoms with van der Waals surface area (Å²) < 4.78 is 29.4. The Kier molecular flexibility index (Phi) is 4.32. The Morgan fingerprint density at radius 3 is 2.57 bits per heavy atom. The Bertz CT molecular complexity index is 768. The summed E-state index contributed by atoms with van der Waals surface area (Å²) in [6.45, 7) is 0.0196. The van der Waals surface area contributed by atoms with Crippen LogP contribution in [0.3, 0.4) is 0 Å². The molecule has 0 bridgehead atoms. The SMILES string of the molecule is CNC(Cn1ccn(C)c(=O)c1=O)c1cccc(F)c1F. The number of rotatable bonds is 4. The lowest BCUT2D eigenvalue weighted by Gasteiger charge is -2.18. The van der Waals surface area contributed by atoms with Gasteiger partial charge in [-0.15, -0.1) is 0 Å². The molecule has 1 heterocycles. The van der Waals surface area contributed by atoms with Gasteiger partial charge in [0.25, 0.3) is 0 Å². The molecular formula is C14H15F2N3O2. The van der Waals surface area contributed by atoms with E-state index >= 15 is 0 Å². The van der Waals surface area contributed by atoms with E-state index < -0.39 is 28.8 Å². The molecule has 0 amide bonds. The minimum atomic E-state index is -0.964. The van der Waals surface area contributed by atoms with Crippen LogP contribution < -0.4 is 16.4 Å². The molecule has 0 radical (unpaired) electrons. The fourth-order valence-electron chi connectivity index (χ4n) is 2.06. The van der Waals surface area contributed by atoms with Crippen LogP contribution in [0.4, 0.5) is 8.78 Å². The highest BCUT2D eigenvalue weighted by molar-refractivity contribution is 5.22. The van der Waals surface area contributed by atoms with Crippen LogP contribution in [0.5, 0.6) is 0 Å². The number of benzene rings is 1. The molecule has 2 rings (SSSR count). The van der Waals surface area contributed by atoms with Crippen molar-refractivity contribution in [3.8, 4) is 0 Å². The van der Waals surface area contributed by atoms with Crippen LogP contribution in [0, 0.1) is 11.6 Å². The van der Waals surface area contributed by atoms with Gasteiger partial charge in [-0.1, -0.05) is 12.1 Å². The lowest BCUT2D eigenvalue weighted by Crippen LogP contribution is -2.41. The van der Waals surface area contributed by atoms with E-state index in [0.29, 0.717) is 0 Å². The van der Waals surface area contributed by atoms with Gasteiger partial charge in [0, 0.05) is 31.5 Å². The summed E-state index contributed by atoms with van der Waals surface area (Å²) in [6.07, 6.45) is 2.88. The van der Waals surface area contributed by atoms with Crippen molar-refractivity contribution >= 4 is 0 Å². The molecule has 112 valence electrons. The molecule has 7 heteroatoms. The Balaban J connectivity index is 2.41. The van der Waals surface area contributed by atoms with E-state index in [-0.39, 0.29) is 12.1 Å². The number of aryl methyl sites for hydroxylation is 1. The van der Waals surface area contributed by atoms with Crippen molar-refractivity contribution < 1.29 is 8.78 Å². The van der Waals surface area contributed by atoms with Gasteiger partial charge in [0.15, 0.2) is 11.6 Å². The van der Waals surface area contributed by atoms with Gasteiger partial charge in [0.1, 0.15) is 0 Å². The minimum absolute atomic E-state index is 0.0196. The number of halogens is 2. The molecule has 1 aromatic carbocycles. The Morgan fingerprint density at radius 2 is 1.90 bits per heavy atom. The van der Waals surface area contributed by atoms with Crippen LogP contribution in [0.25, 0.3) is 0 Å². The lowest BCUT2D eigenvalue weighted by atomic mass is 10.1. The molecule has 1 unspecified atom stereocenters. The maximum absolute atomic E-state index is 13.8. The van der Waals surface area contributed by atoms with Gasteiger partial charge in [-0.25, -0.2) is 8.78 Å². The predicted octanol–water partition coefficient (Wildman–Crippen LogP) is 0.786. The molecule has 1 N–H and O–H groups in total. The zero-order valence-electron chi connectivity index (χ0n) is 11.6. The van der Waals surface area contributed by atoms with Gasteiger partial charge >= 0.3 is 11.1 Å². The fourth-order valence-corrected chi connectivity index (χ4v) is 2.06. The molecule has 0 saturated heterocycles. The van der Waals surface area contributed by atoms with Gasteiger partial charge in [0.2, 0.25) is 0 Å². The molecule has 0 saturated carbocycles. The van der Waals surface area contributed by atoms with E-state index in [1.54, 1.807) is 7.05 Å². The van der Waals surface area contributed by atoms with Crippen molar-refractivity contribution in [2.75, 3.05) is 7.05 Å². The van der Waals surface area contributed by atoms with Crippen LogP contribution in [0.1, 0.15) is 11.6 Å². The molecule has 0 fully saturated rings. The Morgan fingerprint density at radius 1 is 1.19 bits per heavy atom. The molecule has 1 aromatic heterocycles. The Labute approximate surface area is 119 Å². The third-order valence-electron chi connectivity index (χ3n) is 3.32. The standard InChI is InChI=1S/C14H15F2N3O2/c1-17-11(9-4-3-5-10(15)12(9)16)8-19-7-6-18(2)13(20)14(19)21/h3-7,11,17H,8H2,1-2H3. The first-order chi connectivity index (χ1) is 9.95. The first-order valence-corrected chi connectivity index (χ1v) is 6.33. The molecule has 21 heavy (non-hydrogen) atoms. The summed E-state index contributed by atoms with van der Waals surface area (Å²) in [5.41, 5.74) is -1.28. The monoisotopic (exact) mass is 295 g/mol. The second kappa shape index (κ2) is 6.01. The van der Waals surface area contributed by atoms with E-state index in [2.05, 4.69) is 5.32 Å². The highest BCUT2D eigenvalue weighted by Crippen LogP contribution is 2.20. The smallest absolute Gasteiger partial charge is 0.312 e. The molecule has 0 aliphatic carbocycles. The quantitative estimate of drug-likeness (QED) is 0.848. The number of hydrogen-bond donors (Lipinski definition) is 1. The third-order valence-corrected chi connectivity index (χ3v) is 3.32. The first-order valence-electron chi connectivity index (χ1n) is 6.33. The van der Waals surface area contributed by atoms with E-state index in [1.807, 2.05) is 0 Å². The first kappa shape index (κ1) is 15.1. The van der Waals surface area contributed by atoms with Crippen LogP contribution in [-0.4, -0.2) is 16.2 Å². The average Bonchev–Trinajstić information content (AvgIpc) is 2.48. The van der Waals surface area contributed by atoms with Crippen LogP contribution in [-0.2, 0) is 13.6 Å². The maximum atomic E-state index is 13.8. The second-order valence-corrected chi connectivity index (χ2v) is 4.66.